The average molecular weight is 467 g/mol. The molecule has 1 aromatic heterocycles. The van der Waals surface area contributed by atoms with Crippen molar-refractivity contribution in [3.05, 3.63) is 59.0 Å². The maximum absolute atomic E-state index is 13.4. The van der Waals surface area contributed by atoms with Crippen molar-refractivity contribution in [1.82, 2.24) is 10.1 Å². The molecule has 2 aliphatic rings. The minimum atomic E-state index is -0.891. The van der Waals surface area contributed by atoms with Gasteiger partial charge in [0.15, 0.2) is 5.58 Å². The van der Waals surface area contributed by atoms with Crippen LogP contribution in [0.25, 0.3) is 16.5 Å². The molecular formula is C27H31FN2O4. The molecule has 3 aromatic rings. The van der Waals surface area contributed by atoms with Crippen LogP contribution in [0.2, 0.25) is 0 Å². The first kappa shape index (κ1) is 22.9. The van der Waals surface area contributed by atoms with E-state index in [2.05, 4.69) is 10.1 Å². The summed E-state index contributed by atoms with van der Waals surface area (Å²) in [5, 5.41) is 15.2. The molecule has 1 fully saturated rings. The summed E-state index contributed by atoms with van der Waals surface area (Å²) in [4.78, 5) is 2.49. The highest BCUT2D eigenvalue weighted by molar-refractivity contribution is 5.80. The summed E-state index contributed by atoms with van der Waals surface area (Å²) in [6.45, 7) is 7.62. The third kappa shape index (κ3) is 4.68. The van der Waals surface area contributed by atoms with Crippen LogP contribution in [0.4, 0.5) is 4.39 Å². The maximum atomic E-state index is 13.4. The van der Waals surface area contributed by atoms with E-state index in [4.69, 9.17) is 14.0 Å². The molecule has 5 rings (SSSR count). The van der Waals surface area contributed by atoms with Gasteiger partial charge in [-0.2, -0.15) is 0 Å². The van der Waals surface area contributed by atoms with Gasteiger partial charge in [0.05, 0.1) is 12.3 Å². The second-order valence-corrected chi connectivity index (χ2v) is 9.32. The number of piperidine rings is 1. The van der Waals surface area contributed by atoms with Crippen molar-refractivity contribution in [1.29, 1.82) is 0 Å². The normalized spacial score (nSPS) is 19.4. The third-order valence-electron chi connectivity index (χ3n) is 7.13. The van der Waals surface area contributed by atoms with Crippen LogP contribution in [0.3, 0.4) is 0 Å². The van der Waals surface area contributed by atoms with Gasteiger partial charge in [-0.1, -0.05) is 5.16 Å². The summed E-state index contributed by atoms with van der Waals surface area (Å²) in [6, 6.07) is 10.5. The third-order valence-corrected chi connectivity index (χ3v) is 7.13. The van der Waals surface area contributed by atoms with E-state index in [-0.39, 0.29) is 5.82 Å². The van der Waals surface area contributed by atoms with Crippen molar-refractivity contribution < 1.29 is 23.5 Å². The molecule has 180 valence electrons. The van der Waals surface area contributed by atoms with E-state index in [1.54, 1.807) is 6.07 Å². The van der Waals surface area contributed by atoms with Gasteiger partial charge < -0.3 is 24.0 Å². The zero-order valence-corrected chi connectivity index (χ0v) is 19.7. The van der Waals surface area contributed by atoms with Gasteiger partial charge in [0.25, 0.3) is 0 Å². The number of halogens is 1. The van der Waals surface area contributed by atoms with Crippen molar-refractivity contribution in [3.63, 3.8) is 0 Å². The Morgan fingerprint density at radius 1 is 1.12 bits per heavy atom. The second kappa shape index (κ2) is 9.76. The maximum Gasteiger partial charge on any atom is 0.220 e. The van der Waals surface area contributed by atoms with E-state index in [1.165, 1.54) is 12.1 Å². The monoisotopic (exact) mass is 466 g/mol. The SMILES string of the molecule is CC1=C(C)C(O)Oc2cc(OCCCCN3CCC(c4noc5cc(F)ccc45)CC3)ccc21. The van der Waals surface area contributed by atoms with Gasteiger partial charge in [-0.15, -0.1) is 0 Å². The quantitative estimate of drug-likeness (QED) is 0.463. The topological polar surface area (TPSA) is 68.0 Å². The molecule has 6 nitrogen and oxygen atoms in total. The predicted molar refractivity (Wildman–Crippen MR) is 128 cm³/mol. The number of fused-ring (bicyclic) bond motifs is 2. The lowest BCUT2D eigenvalue weighted by Gasteiger charge is -2.31. The first-order valence-electron chi connectivity index (χ1n) is 12.1. The molecule has 1 atom stereocenters. The van der Waals surface area contributed by atoms with Crippen molar-refractivity contribution in [2.75, 3.05) is 26.2 Å². The fourth-order valence-corrected chi connectivity index (χ4v) is 4.89. The number of likely N-dealkylation sites (tertiary alicyclic amines) is 1. The summed E-state index contributed by atoms with van der Waals surface area (Å²) < 4.78 is 30.3. The van der Waals surface area contributed by atoms with Gasteiger partial charge in [0.2, 0.25) is 6.29 Å². The number of nitrogens with zero attached hydrogens (tertiary/aromatic N) is 2. The molecular weight excluding hydrogens is 435 g/mol. The van der Waals surface area contributed by atoms with Gasteiger partial charge in [0.1, 0.15) is 17.3 Å². The van der Waals surface area contributed by atoms with E-state index in [9.17, 15) is 9.50 Å². The van der Waals surface area contributed by atoms with E-state index in [1.807, 2.05) is 32.0 Å². The molecule has 34 heavy (non-hydrogen) atoms. The minimum absolute atomic E-state index is 0.296. The van der Waals surface area contributed by atoms with Crippen LogP contribution in [0, 0.1) is 5.82 Å². The number of rotatable bonds is 7. The Labute approximate surface area is 198 Å². The number of unbranched alkanes of at least 4 members (excludes halogenated alkanes) is 1. The molecule has 3 heterocycles. The van der Waals surface area contributed by atoms with Crippen LogP contribution >= 0.6 is 0 Å². The zero-order valence-electron chi connectivity index (χ0n) is 19.7. The Bertz CT molecular complexity index is 1200. The van der Waals surface area contributed by atoms with E-state index < -0.39 is 6.29 Å². The highest BCUT2D eigenvalue weighted by Gasteiger charge is 2.25. The molecule has 1 saturated heterocycles. The molecule has 0 amide bonds. The Morgan fingerprint density at radius 2 is 1.94 bits per heavy atom. The highest BCUT2D eigenvalue weighted by Crippen LogP contribution is 2.37. The summed E-state index contributed by atoms with van der Waals surface area (Å²) in [6.07, 6.45) is 3.21. The Balaban J connectivity index is 1.05. The van der Waals surface area contributed by atoms with Gasteiger partial charge in [-0.3, -0.25) is 0 Å². The standard InChI is InChI=1S/C27H31FN2O4/c1-17-18(2)27(31)33-24-16-21(6-8-22(17)24)32-14-4-3-11-30-12-9-19(10-13-30)26-23-7-5-20(28)15-25(23)34-29-26/h5-8,15-16,19,27,31H,3-4,9-14H2,1-2H3. The predicted octanol–water partition coefficient (Wildman–Crippen LogP) is 5.51. The van der Waals surface area contributed by atoms with Crippen LogP contribution in [0.1, 0.15) is 56.7 Å². The van der Waals surface area contributed by atoms with Crippen LogP contribution < -0.4 is 9.47 Å². The number of ether oxygens (including phenoxy) is 2. The van der Waals surface area contributed by atoms with Crippen LogP contribution in [-0.2, 0) is 0 Å². The zero-order chi connectivity index (χ0) is 23.7. The van der Waals surface area contributed by atoms with Gasteiger partial charge in [-0.25, -0.2) is 4.39 Å². The van der Waals surface area contributed by atoms with Crippen LogP contribution in [0.15, 0.2) is 46.5 Å². The lowest BCUT2D eigenvalue weighted by molar-refractivity contribution is 0.0121. The lowest BCUT2D eigenvalue weighted by Crippen LogP contribution is -2.34. The number of benzene rings is 2. The molecule has 0 saturated carbocycles. The summed E-state index contributed by atoms with van der Waals surface area (Å²) in [5.74, 6) is 1.49. The Hall–Kier alpha value is -2.90. The van der Waals surface area contributed by atoms with E-state index in [0.717, 1.165) is 78.9 Å². The number of aliphatic hydroxyl groups is 1. The van der Waals surface area contributed by atoms with Crippen molar-refractivity contribution in [2.24, 2.45) is 0 Å². The Morgan fingerprint density at radius 3 is 2.76 bits per heavy atom. The molecule has 1 N–H and O–H groups in total. The molecule has 7 heteroatoms. The number of hydrogen-bond acceptors (Lipinski definition) is 6. The first-order valence-corrected chi connectivity index (χ1v) is 12.1. The fraction of sp³-hybridized carbons (Fsp3) is 0.444. The van der Waals surface area contributed by atoms with Gasteiger partial charge in [0, 0.05) is 29.0 Å². The molecule has 2 aromatic carbocycles. The summed E-state index contributed by atoms with van der Waals surface area (Å²) >= 11 is 0. The molecule has 0 bridgehead atoms. The highest BCUT2D eigenvalue weighted by atomic mass is 19.1. The number of aliphatic hydroxyl groups excluding tert-OH is 1. The van der Waals surface area contributed by atoms with Gasteiger partial charge >= 0.3 is 0 Å². The number of hydrogen-bond donors (Lipinski definition) is 1. The van der Waals surface area contributed by atoms with Crippen LogP contribution in [0.5, 0.6) is 11.5 Å². The van der Waals surface area contributed by atoms with Crippen molar-refractivity contribution in [2.45, 2.75) is 51.7 Å². The minimum Gasteiger partial charge on any atom is -0.493 e. The molecule has 0 aliphatic carbocycles. The van der Waals surface area contributed by atoms with E-state index in [0.29, 0.717) is 23.9 Å². The molecule has 0 radical (unpaired) electrons. The molecule has 2 aliphatic heterocycles. The summed E-state index contributed by atoms with van der Waals surface area (Å²) in [5.41, 5.74) is 4.39. The Kier molecular flexibility index (Phi) is 6.57. The van der Waals surface area contributed by atoms with Gasteiger partial charge in [-0.05, 0) is 94.6 Å². The largest absolute Gasteiger partial charge is 0.493 e. The van der Waals surface area contributed by atoms with Crippen molar-refractivity contribution >= 4 is 16.5 Å². The van der Waals surface area contributed by atoms with Crippen molar-refractivity contribution in [3.8, 4) is 11.5 Å². The van der Waals surface area contributed by atoms with E-state index >= 15 is 0 Å². The smallest absolute Gasteiger partial charge is 0.220 e. The number of allylic oxidation sites excluding steroid dienone is 1. The fourth-order valence-electron chi connectivity index (χ4n) is 4.89. The number of aromatic nitrogens is 1. The molecule has 0 spiro atoms. The molecule has 1 unspecified atom stereocenters. The van der Waals surface area contributed by atoms with Crippen LogP contribution in [-0.4, -0.2) is 47.7 Å². The lowest BCUT2D eigenvalue weighted by atomic mass is 9.91. The summed E-state index contributed by atoms with van der Waals surface area (Å²) in [7, 11) is 0. The average Bonchev–Trinajstić information content (AvgIpc) is 3.25. The first-order chi connectivity index (χ1) is 16.5. The second-order valence-electron chi connectivity index (χ2n) is 9.32.